The second-order valence-corrected chi connectivity index (χ2v) is 6.41. The summed E-state index contributed by atoms with van der Waals surface area (Å²) in [5.41, 5.74) is 4.69. The van der Waals surface area contributed by atoms with Gasteiger partial charge >= 0.3 is 0 Å². The first kappa shape index (κ1) is 16.6. The maximum atomic E-state index is 5.86. The van der Waals surface area contributed by atoms with Crippen molar-refractivity contribution in [3.63, 3.8) is 0 Å². The number of pyridine rings is 1. The average Bonchev–Trinajstić information content (AvgIpc) is 2.93. The minimum atomic E-state index is 0.242. The molecule has 3 rings (SSSR count). The largest absolute Gasteiger partial charge is 0.496 e. The lowest BCUT2D eigenvalue weighted by Gasteiger charge is -2.17. The Kier molecular flexibility index (Phi) is 4.90. The molecule has 0 bridgehead atoms. The van der Waals surface area contributed by atoms with E-state index in [9.17, 15) is 0 Å². The van der Waals surface area contributed by atoms with Crippen LogP contribution >= 0.6 is 0 Å². The van der Waals surface area contributed by atoms with Crippen molar-refractivity contribution < 1.29 is 9.47 Å². The highest BCUT2D eigenvalue weighted by molar-refractivity contribution is 5.51. The molecule has 1 N–H and O–H groups in total. The minimum absolute atomic E-state index is 0.242. The Morgan fingerprint density at radius 3 is 2.83 bits per heavy atom. The number of anilines is 1. The first-order chi connectivity index (χ1) is 11.6. The number of fused-ring (bicyclic) bond motifs is 1. The van der Waals surface area contributed by atoms with E-state index in [1.165, 1.54) is 16.8 Å². The average molecular weight is 327 g/mol. The third kappa shape index (κ3) is 3.46. The molecule has 1 aliphatic rings. The SMILES string of the molecule is COc1cc2c(cc1CNCc1cnccc1N(C)C)OC(C)C2. The normalized spacial score (nSPS) is 15.8. The van der Waals surface area contributed by atoms with Gasteiger partial charge in [-0.2, -0.15) is 0 Å². The second kappa shape index (κ2) is 7.09. The summed E-state index contributed by atoms with van der Waals surface area (Å²) >= 11 is 0. The second-order valence-electron chi connectivity index (χ2n) is 6.41. The Labute approximate surface area is 143 Å². The lowest BCUT2D eigenvalue weighted by molar-refractivity contribution is 0.254. The summed E-state index contributed by atoms with van der Waals surface area (Å²) in [4.78, 5) is 6.33. The van der Waals surface area contributed by atoms with Crippen LogP contribution in [-0.2, 0) is 19.5 Å². The molecule has 5 nitrogen and oxygen atoms in total. The van der Waals surface area contributed by atoms with Crippen LogP contribution in [-0.4, -0.2) is 32.3 Å². The summed E-state index contributed by atoms with van der Waals surface area (Å²) in [6.07, 6.45) is 4.92. The Hall–Kier alpha value is -2.27. The van der Waals surface area contributed by atoms with Gasteiger partial charge in [0.2, 0.25) is 0 Å². The molecule has 24 heavy (non-hydrogen) atoms. The molecular weight excluding hydrogens is 302 g/mol. The highest BCUT2D eigenvalue weighted by Crippen LogP contribution is 2.35. The molecule has 2 heterocycles. The van der Waals surface area contributed by atoms with Gasteiger partial charge in [0.05, 0.1) is 7.11 Å². The number of ether oxygens (including phenoxy) is 2. The first-order valence-electron chi connectivity index (χ1n) is 8.26. The summed E-state index contributed by atoms with van der Waals surface area (Å²) in [6, 6.07) is 6.23. The molecule has 1 aliphatic heterocycles. The van der Waals surface area contributed by atoms with Crippen LogP contribution in [0.2, 0.25) is 0 Å². The lowest BCUT2D eigenvalue weighted by Crippen LogP contribution is -2.18. The van der Waals surface area contributed by atoms with Crippen molar-refractivity contribution in [3.05, 3.63) is 47.3 Å². The predicted octanol–water partition coefficient (Wildman–Crippen LogP) is 2.77. The van der Waals surface area contributed by atoms with Crippen LogP contribution in [0.4, 0.5) is 5.69 Å². The van der Waals surface area contributed by atoms with Crippen LogP contribution in [0.1, 0.15) is 23.6 Å². The Morgan fingerprint density at radius 2 is 2.08 bits per heavy atom. The van der Waals surface area contributed by atoms with Gasteiger partial charge in [-0.25, -0.2) is 0 Å². The van der Waals surface area contributed by atoms with Crippen molar-refractivity contribution in [1.29, 1.82) is 0 Å². The van der Waals surface area contributed by atoms with E-state index in [-0.39, 0.29) is 6.10 Å². The van der Waals surface area contributed by atoms with E-state index in [1.807, 2.05) is 32.6 Å². The van der Waals surface area contributed by atoms with E-state index in [1.54, 1.807) is 7.11 Å². The number of hydrogen-bond donors (Lipinski definition) is 1. The van der Waals surface area contributed by atoms with Crippen LogP contribution in [0.5, 0.6) is 11.5 Å². The molecule has 128 valence electrons. The zero-order valence-corrected chi connectivity index (χ0v) is 14.8. The van der Waals surface area contributed by atoms with Crippen LogP contribution < -0.4 is 19.7 Å². The number of benzene rings is 1. The van der Waals surface area contributed by atoms with Crippen molar-refractivity contribution in [2.45, 2.75) is 32.5 Å². The van der Waals surface area contributed by atoms with Gasteiger partial charge in [0.1, 0.15) is 17.6 Å². The molecule has 1 aromatic carbocycles. The molecular formula is C19H25N3O2. The topological polar surface area (TPSA) is 46.6 Å². The van der Waals surface area contributed by atoms with Crippen molar-refractivity contribution in [1.82, 2.24) is 10.3 Å². The predicted molar refractivity (Wildman–Crippen MR) is 95.9 cm³/mol. The first-order valence-corrected chi connectivity index (χ1v) is 8.26. The fourth-order valence-corrected chi connectivity index (χ4v) is 3.13. The van der Waals surface area contributed by atoms with E-state index < -0.39 is 0 Å². The van der Waals surface area contributed by atoms with Crippen molar-refractivity contribution >= 4 is 5.69 Å². The number of methoxy groups -OCH3 is 1. The zero-order valence-electron chi connectivity index (χ0n) is 14.8. The quantitative estimate of drug-likeness (QED) is 0.884. The van der Waals surface area contributed by atoms with E-state index in [0.29, 0.717) is 0 Å². The van der Waals surface area contributed by atoms with Gasteiger partial charge in [-0.3, -0.25) is 4.98 Å². The molecule has 0 aliphatic carbocycles. The van der Waals surface area contributed by atoms with Crippen molar-refractivity contribution in [3.8, 4) is 11.5 Å². The Bertz CT molecular complexity index is 716. The highest BCUT2D eigenvalue weighted by atomic mass is 16.5. The summed E-state index contributed by atoms with van der Waals surface area (Å²) in [6.45, 7) is 3.56. The van der Waals surface area contributed by atoms with Crippen LogP contribution in [0, 0.1) is 0 Å². The number of nitrogens with zero attached hydrogens (tertiary/aromatic N) is 2. The van der Waals surface area contributed by atoms with Gasteiger partial charge in [0.15, 0.2) is 0 Å². The molecule has 0 amide bonds. The highest BCUT2D eigenvalue weighted by Gasteiger charge is 2.21. The zero-order chi connectivity index (χ0) is 17.1. The summed E-state index contributed by atoms with van der Waals surface area (Å²) in [7, 11) is 5.80. The van der Waals surface area contributed by atoms with E-state index >= 15 is 0 Å². The molecule has 1 unspecified atom stereocenters. The standard InChI is InChI=1S/C19H25N3O2/c1-13-7-14-8-18(23-4)15(9-19(14)24-13)10-21-12-16-11-20-6-5-17(16)22(2)3/h5-6,8-9,11,13,21H,7,10,12H2,1-4H3. The summed E-state index contributed by atoms with van der Waals surface area (Å²) in [5, 5.41) is 3.49. The molecule has 0 saturated heterocycles. The lowest BCUT2D eigenvalue weighted by atomic mass is 10.1. The fourth-order valence-electron chi connectivity index (χ4n) is 3.13. The van der Waals surface area contributed by atoms with E-state index in [2.05, 4.69) is 34.3 Å². The van der Waals surface area contributed by atoms with Gasteiger partial charge in [-0.1, -0.05) is 0 Å². The molecule has 0 radical (unpaired) electrons. The molecule has 1 aromatic heterocycles. The van der Waals surface area contributed by atoms with E-state index in [4.69, 9.17) is 9.47 Å². The number of nitrogens with one attached hydrogen (secondary N) is 1. The monoisotopic (exact) mass is 327 g/mol. The van der Waals surface area contributed by atoms with Crippen molar-refractivity contribution in [2.24, 2.45) is 0 Å². The molecule has 0 spiro atoms. The van der Waals surface area contributed by atoms with Gasteiger partial charge in [0.25, 0.3) is 0 Å². The molecule has 1 atom stereocenters. The molecule has 0 saturated carbocycles. The van der Waals surface area contributed by atoms with E-state index in [0.717, 1.165) is 36.6 Å². The van der Waals surface area contributed by atoms with Gasteiger partial charge in [0, 0.05) is 68.4 Å². The van der Waals surface area contributed by atoms with Gasteiger partial charge < -0.3 is 19.7 Å². The number of hydrogen-bond acceptors (Lipinski definition) is 5. The maximum absolute atomic E-state index is 5.86. The molecule has 5 heteroatoms. The van der Waals surface area contributed by atoms with Crippen LogP contribution in [0.3, 0.4) is 0 Å². The summed E-state index contributed by atoms with van der Waals surface area (Å²) in [5.74, 6) is 1.90. The minimum Gasteiger partial charge on any atom is -0.496 e. The van der Waals surface area contributed by atoms with Crippen molar-refractivity contribution in [2.75, 3.05) is 26.1 Å². The van der Waals surface area contributed by atoms with Crippen LogP contribution in [0.25, 0.3) is 0 Å². The number of aromatic nitrogens is 1. The summed E-state index contributed by atoms with van der Waals surface area (Å²) < 4.78 is 11.4. The van der Waals surface area contributed by atoms with Gasteiger partial charge in [-0.05, 0) is 25.1 Å². The Morgan fingerprint density at radius 1 is 1.29 bits per heavy atom. The number of rotatable bonds is 6. The molecule has 2 aromatic rings. The third-order valence-corrected chi connectivity index (χ3v) is 4.29. The Balaban J connectivity index is 1.70. The smallest absolute Gasteiger partial charge is 0.123 e. The van der Waals surface area contributed by atoms with Crippen LogP contribution in [0.15, 0.2) is 30.6 Å². The maximum Gasteiger partial charge on any atom is 0.123 e. The third-order valence-electron chi connectivity index (χ3n) is 4.29. The van der Waals surface area contributed by atoms with Gasteiger partial charge in [-0.15, -0.1) is 0 Å². The fraction of sp³-hybridized carbons (Fsp3) is 0.421. The molecule has 0 fully saturated rings.